The Labute approximate surface area is 117 Å². The Hall–Kier alpha value is -2.13. The number of aliphatic hydroxyl groups excluding tert-OH is 1. The Kier molecular flexibility index (Phi) is 3.10. The molecule has 2 aliphatic rings. The van der Waals surface area contributed by atoms with Crippen LogP contribution in [0.15, 0.2) is 20.9 Å². The van der Waals surface area contributed by atoms with Crippen molar-refractivity contribution in [3.8, 4) is 0 Å². The van der Waals surface area contributed by atoms with Gasteiger partial charge >= 0.3 is 5.69 Å². The van der Waals surface area contributed by atoms with Crippen molar-refractivity contribution in [1.82, 2.24) is 9.55 Å². The topological polar surface area (TPSA) is 142 Å². The van der Waals surface area contributed by atoms with Crippen molar-refractivity contribution < 1.29 is 14.6 Å². The molecule has 0 radical (unpaired) electrons. The van der Waals surface area contributed by atoms with E-state index in [-0.39, 0.29) is 13.2 Å². The second-order valence-electron chi connectivity index (χ2n) is 5.09. The van der Waals surface area contributed by atoms with Crippen LogP contribution < -0.4 is 11.2 Å². The summed E-state index contributed by atoms with van der Waals surface area (Å²) in [6, 6.07) is 0. The van der Waals surface area contributed by atoms with Crippen molar-refractivity contribution in [2.45, 2.75) is 30.9 Å². The quantitative estimate of drug-likeness (QED) is 0.425. The Morgan fingerprint density at radius 2 is 2.43 bits per heavy atom. The van der Waals surface area contributed by atoms with E-state index in [4.69, 9.17) is 15.0 Å². The molecule has 10 nitrogen and oxygen atoms in total. The Morgan fingerprint density at radius 1 is 1.67 bits per heavy atom. The monoisotopic (exact) mass is 295 g/mol. The van der Waals surface area contributed by atoms with Gasteiger partial charge in [0.25, 0.3) is 5.56 Å². The normalized spacial score (nSPS) is 33.9. The lowest BCUT2D eigenvalue weighted by molar-refractivity contribution is -0.138. The first-order chi connectivity index (χ1) is 10.0. The predicted octanol–water partition coefficient (Wildman–Crippen LogP) is -0.817. The van der Waals surface area contributed by atoms with E-state index in [2.05, 4.69) is 15.0 Å². The number of aromatic nitrogens is 2. The summed E-state index contributed by atoms with van der Waals surface area (Å²) in [6.45, 7) is 1.29. The van der Waals surface area contributed by atoms with Gasteiger partial charge in [-0.3, -0.25) is 14.3 Å². The second kappa shape index (κ2) is 4.71. The van der Waals surface area contributed by atoms with Gasteiger partial charge in [0.1, 0.15) is 11.6 Å². The number of aryl methyl sites for hydroxylation is 1. The molecule has 0 aromatic carbocycles. The molecule has 0 saturated carbocycles. The minimum absolute atomic E-state index is 0.112. The molecule has 0 amide bonds. The molecule has 4 atom stereocenters. The fourth-order valence-corrected chi connectivity index (χ4v) is 2.73. The van der Waals surface area contributed by atoms with Crippen LogP contribution in [0.1, 0.15) is 11.8 Å². The van der Waals surface area contributed by atoms with Crippen molar-refractivity contribution in [3.63, 3.8) is 0 Å². The molecule has 3 rings (SSSR count). The number of fused-ring (bicyclic) bond motifs is 1. The number of ether oxygens (including phenoxy) is 2. The number of aromatic amines is 1. The fraction of sp³-hybridized carbons (Fsp3) is 0.636. The van der Waals surface area contributed by atoms with Gasteiger partial charge in [0.2, 0.25) is 0 Å². The summed E-state index contributed by atoms with van der Waals surface area (Å²) in [4.78, 5) is 28.3. The molecule has 0 aliphatic carbocycles. The van der Waals surface area contributed by atoms with Crippen LogP contribution in [0.25, 0.3) is 10.4 Å². The van der Waals surface area contributed by atoms with Gasteiger partial charge in [-0.25, -0.2) is 4.79 Å². The summed E-state index contributed by atoms with van der Waals surface area (Å²) in [5.74, 6) is 0. The Bertz CT molecular complexity index is 735. The molecule has 2 N–H and O–H groups in total. The van der Waals surface area contributed by atoms with E-state index < -0.39 is 35.2 Å². The minimum Gasteiger partial charge on any atom is -0.394 e. The van der Waals surface area contributed by atoms with Crippen LogP contribution in [0.3, 0.4) is 0 Å². The Balaban J connectivity index is 2.06. The van der Waals surface area contributed by atoms with Gasteiger partial charge in [0, 0.05) is 16.7 Å². The molecule has 10 heteroatoms. The highest BCUT2D eigenvalue weighted by molar-refractivity contribution is 5.16. The van der Waals surface area contributed by atoms with Crippen molar-refractivity contribution >= 4 is 0 Å². The summed E-state index contributed by atoms with van der Waals surface area (Å²) >= 11 is 0. The first kappa shape index (κ1) is 13.8. The minimum atomic E-state index is -1.03. The molecule has 21 heavy (non-hydrogen) atoms. The molecular formula is C11H13N5O5. The van der Waals surface area contributed by atoms with Gasteiger partial charge in [-0.2, -0.15) is 0 Å². The molecule has 112 valence electrons. The van der Waals surface area contributed by atoms with Crippen molar-refractivity contribution in [2.24, 2.45) is 5.11 Å². The van der Waals surface area contributed by atoms with E-state index in [1.54, 1.807) is 6.92 Å². The maximum absolute atomic E-state index is 11.9. The van der Waals surface area contributed by atoms with E-state index in [1.807, 2.05) is 0 Å². The SMILES string of the molecule is Cc1cn([C@@H]2O[C@H](CO)[C@]3(N=[N+]=[N-])COC23)c(=O)[nH]c1=O. The zero-order valence-corrected chi connectivity index (χ0v) is 11.1. The predicted molar refractivity (Wildman–Crippen MR) is 68.7 cm³/mol. The van der Waals surface area contributed by atoms with Crippen LogP contribution in [0.4, 0.5) is 0 Å². The third kappa shape index (κ3) is 1.81. The lowest BCUT2D eigenvalue weighted by Gasteiger charge is -2.42. The van der Waals surface area contributed by atoms with Crippen molar-refractivity contribution in [2.75, 3.05) is 13.2 Å². The van der Waals surface area contributed by atoms with Crippen LogP contribution in [0.2, 0.25) is 0 Å². The van der Waals surface area contributed by atoms with Gasteiger partial charge in [-0.1, -0.05) is 5.11 Å². The zero-order valence-electron chi connectivity index (χ0n) is 11.1. The number of rotatable bonds is 3. The maximum Gasteiger partial charge on any atom is 0.330 e. The van der Waals surface area contributed by atoms with Crippen molar-refractivity contribution in [3.05, 3.63) is 43.0 Å². The third-order valence-electron chi connectivity index (χ3n) is 3.92. The van der Waals surface area contributed by atoms with Gasteiger partial charge in [0.15, 0.2) is 6.23 Å². The number of hydrogen-bond donors (Lipinski definition) is 2. The molecule has 1 aromatic heterocycles. The molecule has 2 saturated heterocycles. The number of nitrogens with zero attached hydrogens (tertiary/aromatic N) is 4. The zero-order chi connectivity index (χ0) is 15.2. The molecule has 3 heterocycles. The standard InChI is InChI=1S/C11H13N5O5/c1-5-2-16(10(19)13-8(5)18)9-7-11(4-20-7,14-15-12)6(3-17)21-9/h2,6-7,9,17H,3-4H2,1H3,(H,13,18,19)/t6-,7?,9-,11-/m1/s1. The van der Waals surface area contributed by atoms with Gasteiger partial charge in [0.05, 0.1) is 19.3 Å². The summed E-state index contributed by atoms with van der Waals surface area (Å²) in [6.07, 6.45) is -0.969. The first-order valence-electron chi connectivity index (χ1n) is 6.30. The van der Waals surface area contributed by atoms with Crippen LogP contribution in [0.5, 0.6) is 0 Å². The lowest BCUT2D eigenvalue weighted by atomic mass is 9.85. The lowest BCUT2D eigenvalue weighted by Crippen LogP contribution is -2.61. The average molecular weight is 295 g/mol. The summed E-state index contributed by atoms with van der Waals surface area (Å²) in [7, 11) is 0. The molecule has 0 bridgehead atoms. The maximum atomic E-state index is 11.9. The average Bonchev–Trinajstić information content (AvgIpc) is 2.63. The highest BCUT2D eigenvalue weighted by Crippen LogP contribution is 2.48. The molecule has 2 fully saturated rings. The molecule has 1 unspecified atom stereocenters. The first-order valence-corrected chi connectivity index (χ1v) is 6.30. The second-order valence-corrected chi connectivity index (χ2v) is 5.09. The fourth-order valence-electron chi connectivity index (χ4n) is 2.73. The molecule has 1 aromatic rings. The highest BCUT2D eigenvalue weighted by atomic mass is 16.6. The molecule has 0 spiro atoms. The van der Waals surface area contributed by atoms with E-state index in [0.717, 1.165) is 0 Å². The number of hydrogen-bond acceptors (Lipinski definition) is 6. The van der Waals surface area contributed by atoms with Gasteiger partial charge in [-0.05, 0) is 12.5 Å². The van der Waals surface area contributed by atoms with Crippen molar-refractivity contribution in [1.29, 1.82) is 0 Å². The molecule has 2 aliphatic heterocycles. The number of azide groups is 1. The van der Waals surface area contributed by atoms with Crippen LogP contribution in [-0.2, 0) is 9.47 Å². The van der Waals surface area contributed by atoms with Crippen LogP contribution in [-0.4, -0.2) is 45.6 Å². The smallest absolute Gasteiger partial charge is 0.330 e. The number of nitrogens with one attached hydrogen (secondary N) is 1. The van der Waals surface area contributed by atoms with E-state index in [0.29, 0.717) is 5.56 Å². The van der Waals surface area contributed by atoms with Gasteiger partial charge in [-0.15, -0.1) is 0 Å². The number of H-pyrrole nitrogens is 1. The van der Waals surface area contributed by atoms with E-state index >= 15 is 0 Å². The van der Waals surface area contributed by atoms with E-state index in [1.165, 1.54) is 10.8 Å². The van der Waals surface area contributed by atoms with Gasteiger partial charge < -0.3 is 14.6 Å². The molecular weight excluding hydrogens is 282 g/mol. The largest absolute Gasteiger partial charge is 0.394 e. The summed E-state index contributed by atoms with van der Waals surface area (Å²) < 4.78 is 12.2. The Morgan fingerprint density at radius 3 is 3.00 bits per heavy atom. The van der Waals surface area contributed by atoms with Crippen LogP contribution in [0, 0.1) is 6.92 Å². The summed E-state index contributed by atoms with van der Waals surface area (Å²) in [5.41, 5.74) is 6.87. The van der Waals surface area contributed by atoms with E-state index in [9.17, 15) is 14.7 Å². The number of aliphatic hydroxyl groups is 1. The van der Waals surface area contributed by atoms with Crippen LogP contribution >= 0.6 is 0 Å². The third-order valence-corrected chi connectivity index (χ3v) is 3.92. The summed E-state index contributed by atoms with van der Waals surface area (Å²) in [5, 5.41) is 13.1. The highest BCUT2D eigenvalue weighted by Gasteiger charge is 2.64.